The van der Waals surface area contributed by atoms with Crippen molar-refractivity contribution in [1.29, 1.82) is 0 Å². The fourth-order valence-electron chi connectivity index (χ4n) is 3.63. The zero-order valence-corrected chi connectivity index (χ0v) is 22.1. The number of hydrogen-bond acceptors (Lipinski definition) is 9. The second-order valence-electron chi connectivity index (χ2n) is 8.96. The number of rotatable bonds is 14. The Morgan fingerprint density at radius 3 is 2.30 bits per heavy atom. The van der Waals surface area contributed by atoms with Gasteiger partial charge in [0.05, 0.1) is 19.3 Å². The number of ether oxygens (including phenoxy) is 2. The maximum atomic E-state index is 13.2. The molecule has 1 aromatic heterocycles. The number of benzene rings is 1. The van der Waals surface area contributed by atoms with E-state index in [1.54, 1.807) is 20.1 Å². The Balaban J connectivity index is 1.70. The summed E-state index contributed by atoms with van der Waals surface area (Å²) >= 11 is 1.35. The van der Waals surface area contributed by atoms with Gasteiger partial charge in [-0.2, -0.15) is 11.8 Å². The maximum Gasteiger partial charge on any atom is 0.274 e. The average Bonchev–Trinajstić information content (AvgIpc) is 3.48. The van der Waals surface area contributed by atoms with Gasteiger partial charge in [-0.05, 0) is 32.1 Å². The Hall–Kier alpha value is -3.22. The molecule has 1 aromatic carbocycles. The molecule has 0 saturated carbocycles. The number of nitrogens with zero attached hydrogens (tertiary/aromatic N) is 1. The van der Waals surface area contributed by atoms with Crippen LogP contribution < -0.4 is 16.0 Å². The summed E-state index contributed by atoms with van der Waals surface area (Å²) in [5.41, 5.74) is -0.0378. The SMILES string of the molecule is COC[C@H](NC(=O)[C@@H](CSC)NC(=O)c1cc(C)on1)C(=O)N[C@@H](Cc1ccccc1)C(=O)[C@@]1(C)CO1. The van der Waals surface area contributed by atoms with Crippen LogP contribution >= 0.6 is 11.8 Å². The molecule has 1 aliphatic rings. The number of hydrogen-bond donors (Lipinski definition) is 3. The molecule has 1 fully saturated rings. The number of amides is 3. The van der Waals surface area contributed by atoms with E-state index in [-0.39, 0.29) is 36.9 Å². The molecule has 12 heteroatoms. The maximum absolute atomic E-state index is 13.2. The molecule has 3 N–H and O–H groups in total. The lowest BCUT2D eigenvalue weighted by Crippen LogP contribution is -2.58. The van der Waals surface area contributed by atoms with Crippen molar-refractivity contribution < 1.29 is 33.2 Å². The van der Waals surface area contributed by atoms with Crippen molar-refractivity contribution in [3.8, 4) is 0 Å². The molecule has 0 aliphatic carbocycles. The van der Waals surface area contributed by atoms with Crippen LogP contribution in [0.25, 0.3) is 0 Å². The second-order valence-corrected chi connectivity index (χ2v) is 9.87. The smallest absolute Gasteiger partial charge is 0.274 e. The van der Waals surface area contributed by atoms with Crippen LogP contribution in [-0.4, -0.2) is 84.7 Å². The Labute approximate surface area is 219 Å². The van der Waals surface area contributed by atoms with Crippen LogP contribution in [0.15, 0.2) is 40.9 Å². The van der Waals surface area contributed by atoms with Gasteiger partial charge in [0.1, 0.15) is 23.4 Å². The first-order valence-electron chi connectivity index (χ1n) is 11.7. The molecule has 0 spiro atoms. The minimum atomic E-state index is -1.10. The fraction of sp³-hybridized carbons (Fsp3) is 0.480. The molecular weight excluding hydrogens is 500 g/mol. The van der Waals surface area contributed by atoms with Crippen molar-refractivity contribution in [2.75, 3.05) is 32.3 Å². The highest BCUT2D eigenvalue weighted by Gasteiger charge is 2.50. The van der Waals surface area contributed by atoms with E-state index in [1.807, 2.05) is 30.3 Å². The third-order valence-corrected chi connectivity index (χ3v) is 6.46. The predicted octanol–water partition coefficient (Wildman–Crippen LogP) is 0.661. The van der Waals surface area contributed by atoms with Crippen LogP contribution in [0, 0.1) is 6.92 Å². The molecule has 37 heavy (non-hydrogen) atoms. The Bertz CT molecular complexity index is 1100. The number of carbonyl (C=O) groups excluding carboxylic acids is 4. The van der Waals surface area contributed by atoms with Crippen molar-refractivity contribution in [2.45, 2.75) is 44.0 Å². The highest BCUT2D eigenvalue weighted by atomic mass is 32.2. The summed E-state index contributed by atoms with van der Waals surface area (Å²) in [6.07, 6.45) is 2.05. The fourth-order valence-corrected chi connectivity index (χ4v) is 4.20. The number of methoxy groups -OCH3 is 1. The quantitative estimate of drug-likeness (QED) is 0.298. The summed E-state index contributed by atoms with van der Waals surface area (Å²) in [5.74, 6) is -1.29. The number of aromatic nitrogens is 1. The topological polar surface area (TPSA) is 152 Å². The molecule has 3 amide bonds. The summed E-state index contributed by atoms with van der Waals surface area (Å²) < 4.78 is 15.4. The van der Waals surface area contributed by atoms with Gasteiger partial charge in [-0.15, -0.1) is 0 Å². The minimum Gasteiger partial charge on any atom is -0.382 e. The third-order valence-electron chi connectivity index (χ3n) is 5.80. The second kappa shape index (κ2) is 12.8. The van der Waals surface area contributed by atoms with Crippen molar-refractivity contribution >= 4 is 35.3 Å². The van der Waals surface area contributed by atoms with E-state index in [9.17, 15) is 19.2 Å². The van der Waals surface area contributed by atoms with Gasteiger partial charge in [-0.1, -0.05) is 35.5 Å². The molecule has 0 unspecified atom stereocenters. The number of carbonyl (C=O) groups is 4. The standard InChI is InChI=1S/C25H32N4O7S/c1-15-10-18(29-36-15)22(31)28-20(13-37-4)24(33)27-19(12-34-3)23(32)26-17(21(30)25(2)14-35-25)11-16-8-6-5-7-9-16/h5-10,17,19-20H,11-14H2,1-4H3,(H,26,32)(H,27,33)(H,28,31)/t17-,19-,20+,25+/m0/s1. The van der Waals surface area contributed by atoms with Crippen LogP contribution in [0.3, 0.4) is 0 Å². The summed E-state index contributed by atoms with van der Waals surface area (Å²) in [6, 6.07) is 7.83. The lowest BCUT2D eigenvalue weighted by molar-refractivity contribution is -0.134. The van der Waals surface area contributed by atoms with Crippen LogP contribution in [0.1, 0.15) is 28.7 Å². The van der Waals surface area contributed by atoms with Gasteiger partial charge < -0.3 is 29.9 Å². The molecule has 0 radical (unpaired) electrons. The lowest BCUT2D eigenvalue weighted by atomic mass is 9.94. The van der Waals surface area contributed by atoms with E-state index in [0.29, 0.717) is 5.76 Å². The van der Waals surface area contributed by atoms with Crippen molar-refractivity contribution in [1.82, 2.24) is 21.1 Å². The van der Waals surface area contributed by atoms with E-state index in [4.69, 9.17) is 14.0 Å². The van der Waals surface area contributed by atoms with Gasteiger partial charge in [0.25, 0.3) is 5.91 Å². The first-order chi connectivity index (χ1) is 17.7. The number of aryl methyl sites for hydroxylation is 1. The highest BCUT2D eigenvalue weighted by Crippen LogP contribution is 2.29. The highest BCUT2D eigenvalue weighted by molar-refractivity contribution is 7.98. The molecule has 2 aromatic rings. The van der Waals surface area contributed by atoms with Gasteiger partial charge >= 0.3 is 0 Å². The number of thioether (sulfide) groups is 1. The summed E-state index contributed by atoms with van der Waals surface area (Å²) in [7, 11) is 1.40. The molecule has 4 atom stereocenters. The zero-order valence-electron chi connectivity index (χ0n) is 21.2. The number of epoxide rings is 1. The number of Topliss-reactive ketones (excluding diaryl/α,β-unsaturated/α-hetero) is 1. The molecule has 3 rings (SSSR count). The molecule has 200 valence electrons. The van der Waals surface area contributed by atoms with E-state index in [2.05, 4.69) is 21.1 Å². The van der Waals surface area contributed by atoms with Crippen molar-refractivity contribution in [2.24, 2.45) is 0 Å². The number of ketones is 1. The van der Waals surface area contributed by atoms with E-state index in [1.165, 1.54) is 24.9 Å². The minimum absolute atomic E-state index is 0.0423. The first kappa shape index (κ1) is 28.4. The normalized spacial score (nSPS) is 18.8. The summed E-state index contributed by atoms with van der Waals surface area (Å²) in [5, 5.41) is 11.7. The van der Waals surface area contributed by atoms with Gasteiger partial charge in [-0.25, -0.2) is 0 Å². The Morgan fingerprint density at radius 2 is 1.73 bits per heavy atom. The van der Waals surface area contributed by atoms with Crippen molar-refractivity contribution in [3.63, 3.8) is 0 Å². The molecule has 1 aliphatic heterocycles. The monoisotopic (exact) mass is 532 g/mol. The lowest BCUT2D eigenvalue weighted by Gasteiger charge is -2.25. The van der Waals surface area contributed by atoms with E-state index >= 15 is 0 Å². The summed E-state index contributed by atoms with van der Waals surface area (Å²) in [6.45, 7) is 3.47. The van der Waals surface area contributed by atoms with Crippen LogP contribution in [0.2, 0.25) is 0 Å². The van der Waals surface area contributed by atoms with Crippen molar-refractivity contribution in [3.05, 3.63) is 53.4 Å². The zero-order chi connectivity index (χ0) is 27.0. The summed E-state index contributed by atoms with van der Waals surface area (Å²) in [4.78, 5) is 51.9. The Morgan fingerprint density at radius 1 is 1.08 bits per heavy atom. The first-order valence-corrected chi connectivity index (χ1v) is 13.1. The predicted molar refractivity (Wildman–Crippen MR) is 136 cm³/mol. The van der Waals surface area contributed by atoms with Gasteiger partial charge in [0, 0.05) is 18.9 Å². The van der Waals surface area contributed by atoms with E-state index in [0.717, 1.165) is 5.56 Å². The molecule has 0 bridgehead atoms. The Kier molecular flexibility index (Phi) is 9.84. The van der Waals surface area contributed by atoms with Gasteiger partial charge in [0.15, 0.2) is 11.5 Å². The third kappa shape index (κ3) is 7.88. The molecule has 11 nitrogen and oxygen atoms in total. The molecule has 2 heterocycles. The van der Waals surface area contributed by atoms with Gasteiger partial charge in [0.2, 0.25) is 11.8 Å². The number of nitrogens with one attached hydrogen (secondary N) is 3. The average molecular weight is 533 g/mol. The van der Waals surface area contributed by atoms with Crippen LogP contribution in [-0.2, 0) is 30.3 Å². The molecular formula is C25H32N4O7S. The molecule has 1 saturated heterocycles. The van der Waals surface area contributed by atoms with E-state index < -0.39 is 41.4 Å². The van der Waals surface area contributed by atoms with Crippen LogP contribution in [0.5, 0.6) is 0 Å². The largest absolute Gasteiger partial charge is 0.382 e. The van der Waals surface area contributed by atoms with Gasteiger partial charge in [-0.3, -0.25) is 19.2 Å². The van der Waals surface area contributed by atoms with Crippen LogP contribution in [0.4, 0.5) is 0 Å².